The zero-order valence-electron chi connectivity index (χ0n) is 15.2. The number of hydrogen-bond acceptors (Lipinski definition) is 3. The summed E-state index contributed by atoms with van der Waals surface area (Å²) in [4.78, 5) is 36.0. The highest BCUT2D eigenvalue weighted by Gasteiger charge is 2.26. The van der Waals surface area contributed by atoms with E-state index in [0.29, 0.717) is 10.6 Å². The van der Waals surface area contributed by atoms with Crippen molar-refractivity contribution in [2.24, 2.45) is 5.73 Å². The van der Waals surface area contributed by atoms with Gasteiger partial charge in [0.05, 0.1) is 0 Å². The number of nitrogens with one attached hydrogen (secondary N) is 2. The van der Waals surface area contributed by atoms with Crippen LogP contribution in [0, 0.1) is 5.82 Å². The molecule has 28 heavy (non-hydrogen) atoms. The minimum absolute atomic E-state index is 0.0687. The van der Waals surface area contributed by atoms with Crippen molar-refractivity contribution >= 4 is 29.3 Å². The first kappa shape index (κ1) is 21.4. The van der Waals surface area contributed by atoms with Gasteiger partial charge in [0.2, 0.25) is 17.7 Å². The molecule has 0 unspecified atom stereocenters. The van der Waals surface area contributed by atoms with Gasteiger partial charge in [0.1, 0.15) is 17.9 Å². The number of rotatable bonds is 8. The second kappa shape index (κ2) is 9.85. The van der Waals surface area contributed by atoms with Crippen LogP contribution in [0.2, 0.25) is 5.02 Å². The fraction of sp³-hybridized carbons (Fsp3) is 0.250. The first-order valence-corrected chi connectivity index (χ1v) is 8.98. The van der Waals surface area contributed by atoms with Gasteiger partial charge in [-0.05, 0) is 29.3 Å². The molecule has 0 bridgehead atoms. The van der Waals surface area contributed by atoms with Gasteiger partial charge in [-0.2, -0.15) is 0 Å². The van der Waals surface area contributed by atoms with E-state index < -0.39 is 35.6 Å². The molecule has 0 fully saturated rings. The summed E-state index contributed by atoms with van der Waals surface area (Å²) in [7, 11) is 0. The third-order valence-electron chi connectivity index (χ3n) is 4.06. The summed E-state index contributed by atoms with van der Waals surface area (Å²) in [5, 5.41) is 5.51. The van der Waals surface area contributed by atoms with Gasteiger partial charge in [-0.3, -0.25) is 14.4 Å². The standard InChI is InChI=1S/C20H21ClFN3O3/c1-12(26)24-18(11-14-6-2-3-8-16(14)22)20(28)25-17(19(23)27)10-13-5-4-7-15(21)9-13/h2-9,17-18H,10-11H2,1H3,(H2,23,27)(H,24,26)(H,25,28)/t17-,18-/m1/s1. The Morgan fingerprint density at radius 1 is 1.04 bits per heavy atom. The Kier molecular flexibility index (Phi) is 7.52. The zero-order valence-corrected chi connectivity index (χ0v) is 16.0. The van der Waals surface area contributed by atoms with Gasteiger partial charge >= 0.3 is 0 Å². The molecule has 2 aromatic carbocycles. The van der Waals surface area contributed by atoms with Gasteiger partial charge in [-0.1, -0.05) is 41.9 Å². The Bertz CT molecular complexity index is 875. The van der Waals surface area contributed by atoms with Crippen LogP contribution in [0.1, 0.15) is 18.1 Å². The summed E-state index contributed by atoms with van der Waals surface area (Å²) in [5.41, 5.74) is 6.39. The minimum atomic E-state index is -1.06. The van der Waals surface area contributed by atoms with Crippen molar-refractivity contribution in [3.8, 4) is 0 Å². The zero-order chi connectivity index (χ0) is 20.7. The van der Waals surface area contributed by atoms with Crippen molar-refractivity contribution in [3.63, 3.8) is 0 Å². The molecule has 2 atom stereocenters. The lowest BCUT2D eigenvalue weighted by molar-refractivity contribution is -0.130. The van der Waals surface area contributed by atoms with E-state index in [1.165, 1.54) is 25.1 Å². The van der Waals surface area contributed by atoms with Crippen LogP contribution in [0.5, 0.6) is 0 Å². The quantitative estimate of drug-likeness (QED) is 0.623. The number of primary amides is 1. The number of hydrogen-bond donors (Lipinski definition) is 3. The van der Waals surface area contributed by atoms with Crippen LogP contribution in [-0.2, 0) is 27.2 Å². The Hall–Kier alpha value is -2.93. The van der Waals surface area contributed by atoms with Gasteiger partial charge in [-0.15, -0.1) is 0 Å². The van der Waals surface area contributed by atoms with Crippen LogP contribution in [-0.4, -0.2) is 29.8 Å². The van der Waals surface area contributed by atoms with Crippen LogP contribution in [0.15, 0.2) is 48.5 Å². The third kappa shape index (κ3) is 6.35. The third-order valence-corrected chi connectivity index (χ3v) is 4.30. The normalized spacial score (nSPS) is 12.7. The van der Waals surface area contributed by atoms with E-state index in [0.717, 1.165) is 0 Å². The molecule has 0 saturated carbocycles. The lowest BCUT2D eigenvalue weighted by atomic mass is 10.0. The molecule has 8 heteroatoms. The first-order valence-electron chi connectivity index (χ1n) is 8.61. The van der Waals surface area contributed by atoms with Gasteiger partial charge in [-0.25, -0.2) is 4.39 Å². The summed E-state index contributed by atoms with van der Waals surface area (Å²) in [6.07, 6.45) is 0.0643. The molecular formula is C20H21ClFN3O3. The molecule has 2 rings (SSSR count). The summed E-state index contributed by atoms with van der Waals surface area (Å²) < 4.78 is 13.9. The molecule has 0 radical (unpaired) electrons. The molecule has 0 saturated heterocycles. The van der Waals surface area contributed by atoms with Crippen LogP contribution < -0.4 is 16.4 Å². The van der Waals surface area contributed by atoms with Crippen LogP contribution in [0.25, 0.3) is 0 Å². The van der Waals surface area contributed by atoms with E-state index in [1.807, 2.05) is 0 Å². The van der Waals surface area contributed by atoms with Crippen molar-refractivity contribution in [2.75, 3.05) is 0 Å². The molecule has 3 amide bonds. The van der Waals surface area contributed by atoms with Crippen molar-refractivity contribution in [3.05, 3.63) is 70.5 Å². The Morgan fingerprint density at radius 3 is 2.36 bits per heavy atom. The molecule has 0 heterocycles. The average molecular weight is 406 g/mol. The van der Waals surface area contributed by atoms with E-state index in [9.17, 15) is 18.8 Å². The van der Waals surface area contributed by atoms with E-state index in [-0.39, 0.29) is 18.4 Å². The van der Waals surface area contributed by atoms with Gasteiger partial charge in [0.25, 0.3) is 0 Å². The molecule has 0 aliphatic rings. The van der Waals surface area contributed by atoms with E-state index in [2.05, 4.69) is 10.6 Å². The van der Waals surface area contributed by atoms with Gasteiger partial charge in [0, 0.05) is 24.8 Å². The lowest BCUT2D eigenvalue weighted by Crippen LogP contribution is -2.54. The minimum Gasteiger partial charge on any atom is -0.368 e. The number of carbonyl (C=O) groups is 3. The molecule has 4 N–H and O–H groups in total. The Balaban J connectivity index is 2.15. The number of amides is 3. The number of benzene rings is 2. The smallest absolute Gasteiger partial charge is 0.243 e. The highest BCUT2D eigenvalue weighted by atomic mass is 35.5. The lowest BCUT2D eigenvalue weighted by Gasteiger charge is -2.22. The van der Waals surface area contributed by atoms with Gasteiger partial charge < -0.3 is 16.4 Å². The average Bonchev–Trinajstić information content (AvgIpc) is 2.62. The molecule has 0 aromatic heterocycles. The topological polar surface area (TPSA) is 101 Å². The maximum absolute atomic E-state index is 13.9. The molecule has 2 aromatic rings. The van der Waals surface area contributed by atoms with Crippen LogP contribution >= 0.6 is 11.6 Å². The summed E-state index contributed by atoms with van der Waals surface area (Å²) in [5.74, 6) is -2.32. The maximum Gasteiger partial charge on any atom is 0.243 e. The predicted molar refractivity (Wildman–Crippen MR) is 104 cm³/mol. The van der Waals surface area contributed by atoms with Crippen molar-refractivity contribution in [2.45, 2.75) is 31.8 Å². The van der Waals surface area contributed by atoms with E-state index >= 15 is 0 Å². The van der Waals surface area contributed by atoms with Gasteiger partial charge in [0.15, 0.2) is 0 Å². The Morgan fingerprint density at radius 2 is 1.75 bits per heavy atom. The predicted octanol–water partition coefficient (Wildman–Crippen LogP) is 1.74. The molecule has 148 valence electrons. The number of nitrogens with two attached hydrogens (primary N) is 1. The Labute approximate surface area is 167 Å². The van der Waals surface area contributed by atoms with Crippen molar-refractivity contribution < 1.29 is 18.8 Å². The second-order valence-electron chi connectivity index (χ2n) is 6.35. The summed E-state index contributed by atoms with van der Waals surface area (Å²) >= 11 is 5.94. The fourth-order valence-electron chi connectivity index (χ4n) is 2.73. The van der Waals surface area contributed by atoms with Crippen molar-refractivity contribution in [1.82, 2.24) is 10.6 Å². The largest absolute Gasteiger partial charge is 0.368 e. The SMILES string of the molecule is CC(=O)N[C@H](Cc1ccccc1F)C(=O)N[C@H](Cc1cccc(Cl)c1)C(N)=O. The monoisotopic (exact) mass is 405 g/mol. The van der Waals surface area contributed by atoms with Crippen LogP contribution in [0.4, 0.5) is 4.39 Å². The van der Waals surface area contributed by atoms with E-state index in [1.54, 1.807) is 30.3 Å². The summed E-state index contributed by atoms with van der Waals surface area (Å²) in [6, 6.07) is 10.7. The molecule has 0 aliphatic carbocycles. The van der Waals surface area contributed by atoms with Crippen LogP contribution in [0.3, 0.4) is 0 Å². The second-order valence-corrected chi connectivity index (χ2v) is 6.78. The maximum atomic E-state index is 13.9. The highest BCUT2D eigenvalue weighted by molar-refractivity contribution is 6.30. The molecular weight excluding hydrogens is 385 g/mol. The fourth-order valence-corrected chi connectivity index (χ4v) is 2.95. The van der Waals surface area contributed by atoms with Crippen molar-refractivity contribution in [1.29, 1.82) is 0 Å². The molecule has 0 spiro atoms. The van der Waals surface area contributed by atoms with E-state index in [4.69, 9.17) is 17.3 Å². The molecule has 0 aliphatic heterocycles. The molecule has 6 nitrogen and oxygen atoms in total. The summed E-state index contributed by atoms with van der Waals surface area (Å²) in [6.45, 7) is 1.25. The number of halogens is 2. The first-order chi connectivity index (χ1) is 13.3. The number of carbonyl (C=O) groups excluding carboxylic acids is 3. The highest BCUT2D eigenvalue weighted by Crippen LogP contribution is 2.13.